The van der Waals surface area contributed by atoms with Crippen LogP contribution in [0.15, 0.2) is 41.3 Å². The number of fused-ring (bicyclic) bond motifs is 1. The molecular weight excluding hydrogens is 276 g/mol. The molecule has 0 fully saturated rings. The fourth-order valence-electron chi connectivity index (χ4n) is 1.67. The number of nitrogens with one attached hydrogen (secondary N) is 1. The summed E-state index contributed by atoms with van der Waals surface area (Å²) in [6.45, 7) is 1.59. The Morgan fingerprint density at radius 2 is 2.05 bits per heavy atom. The third-order valence-corrected chi connectivity index (χ3v) is 3.63. The molecule has 6 nitrogen and oxygen atoms in total. The molecule has 1 amide bonds. The number of thiazole rings is 1. The van der Waals surface area contributed by atoms with Crippen LogP contribution >= 0.6 is 11.3 Å². The monoisotopic (exact) mass is 286 g/mol. The van der Waals surface area contributed by atoms with Crippen molar-refractivity contribution in [2.75, 3.05) is 5.32 Å². The van der Waals surface area contributed by atoms with Crippen LogP contribution < -0.4 is 10.9 Å². The van der Waals surface area contributed by atoms with Crippen molar-refractivity contribution in [2.24, 2.45) is 0 Å². The van der Waals surface area contributed by atoms with E-state index < -0.39 is 0 Å². The lowest BCUT2D eigenvalue weighted by Gasteiger charge is -2.01. The first kappa shape index (κ1) is 12.5. The molecule has 100 valence electrons. The molecule has 2 aromatic heterocycles. The van der Waals surface area contributed by atoms with Gasteiger partial charge in [-0.2, -0.15) is 10.1 Å². The molecule has 0 saturated heterocycles. The summed E-state index contributed by atoms with van der Waals surface area (Å²) < 4.78 is 1.45. The van der Waals surface area contributed by atoms with Gasteiger partial charge in [-0.1, -0.05) is 29.5 Å². The van der Waals surface area contributed by atoms with E-state index in [0.29, 0.717) is 21.2 Å². The number of aryl methyl sites for hydroxylation is 1. The van der Waals surface area contributed by atoms with Crippen molar-refractivity contribution in [1.29, 1.82) is 0 Å². The molecule has 0 aliphatic rings. The van der Waals surface area contributed by atoms with Gasteiger partial charge in [0.2, 0.25) is 4.96 Å². The Hall–Kier alpha value is -2.54. The van der Waals surface area contributed by atoms with E-state index >= 15 is 0 Å². The molecule has 0 saturated carbocycles. The topological polar surface area (TPSA) is 76.4 Å². The van der Waals surface area contributed by atoms with Gasteiger partial charge in [-0.15, -0.1) is 0 Å². The lowest BCUT2D eigenvalue weighted by atomic mass is 10.3. The fourth-order valence-corrected chi connectivity index (χ4v) is 2.48. The largest absolute Gasteiger partial charge is 0.321 e. The minimum absolute atomic E-state index is 0.251. The van der Waals surface area contributed by atoms with Gasteiger partial charge in [0, 0.05) is 5.69 Å². The van der Waals surface area contributed by atoms with Gasteiger partial charge >= 0.3 is 0 Å². The summed E-state index contributed by atoms with van der Waals surface area (Å²) >= 11 is 1.12. The van der Waals surface area contributed by atoms with E-state index in [1.807, 2.05) is 18.2 Å². The zero-order valence-corrected chi connectivity index (χ0v) is 11.3. The predicted molar refractivity (Wildman–Crippen MR) is 76.3 cm³/mol. The highest BCUT2D eigenvalue weighted by Crippen LogP contribution is 2.16. The van der Waals surface area contributed by atoms with Crippen LogP contribution in [0.4, 0.5) is 5.69 Å². The Bertz CT molecular complexity index is 838. The quantitative estimate of drug-likeness (QED) is 0.778. The van der Waals surface area contributed by atoms with Gasteiger partial charge in [-0.3, -0.25) is 9.59 Å². The second-order valence-electron chi connectivity index (χ2n) is 4.15. The number of carbonyl (C=O) groups excluding carboxylic acids is 1. The molecule has 0 spiro atoms. The van der Waals surface area contributed by atoms with Crippen LogP contribution in [0, 0.1) is 6.92 Å². The number of anilines is 1. The zero-order chi connectivity index (χ0) is 14.1. The van der Waals surface area contributed by atoms with Crippen LogP contribution in [-0.2, 0) is 0 Å². The van der Waals surface area contributed by atoms with Crippen molar-refractivity contribution < 1.29 is 4.79 Å². The third-order valence-electron chi connectivity index (χ3n) is 2.66. The van der Waals surface area contributed by atoms with Crippen LogP contribution in [0.3, 0.4) is 0 Å². The van der Waals surface area contributed by atoms with Crippen molar-refractivity contribution in [3.63, 3.8) is 0 Å². The number of para-hydroxylation sites is 1. The number of nitrogens with zero attached hydrogens (tertiary/aromatic N) is 3. The Balaban J connectivity index is 1.94. The number of hydrogen-bond acceptors (Lipinski definition) is 5. The second-order valence-corrected chi connectivity index (χ2v) is 5.15. The predicted octanol–water partition coefficient (Wildman–Crippen LogP) is 1.71. The highest BCUT2D eigenvalue weighted by atomic mass is 32.1. The van der Waals surface area contributed by atoms with Crippen molar-refractivity contribution >= 4 is 27.9 Å². The number of benzene rings is 1. The SMILES string of the molecule is Cc1nn2cc(C(=O)Nc3ccccc3)sc2nc1=O. The molecule has 1 N–H and O–H groups in total. The third kappa shape index (κ3) is 2.30. The zero-order valence-electron chi connectivity index (χ0n) is 10.5. The molecule has 0 aliphatic heterocycles. The second kappa shape index (κ2) is 4.86. The summed E-state index contributed by atoms with van der Waals surface area (Å²) in [5.74, 6) is -0.251. The summed E-state index contributed by atoms with van der Waals surface area (Å²) in [6.07, 6.45) is 1.57. The fraction of sp³-hybridized carbons (Fsp3) is 0.0769. The molecule has 0 atom stereocenters. The maximum atomic E-state index is 12.1. The summed E-state index contributed by atoms with van der Waals surface area (Å²) in [4.78, 5) is 28.2. The van der Waals surface area contributed by atoms with E-state index in [1.165, 1.54) is 4.52 Å². The standard InChI is InChI=1S/C13H10N4O2S/c1-8-11(18)15-13-17(16-8)7-10(20-13)12(19)14-9-5-3-2-4-6-9/h2-7H,1H3,(H,14,19). The van der Waals surface area contributed by atoms with E-state index in [1.54, 1.807) is 25.3 Å². The Labute approximate surface area is 117 Å². The Morgan fingerprint density at radius 1 is 1.30 bits per heavy atom. The minimum Gasteiger partial charge on any atom is -0.321 e. The summed E-state index contributed by atoms with van der Waals surface area (Å²) in [6, 6.07) is 9.15. The van der Waals surface area contributed by atoms with Crippen molar-refractivity contribution in [3.05, 3.63) is 57.5 Å². The van der Waals surface area contributed by atoms with Crippen molar-refractivity contribution in [2.45, 2.75) is 6.92 Å². The number of hydrogen-bond donors (Lipinski definition) is 1. The molecule has 7 heteroatoms. The maximum Gasteiger partial charge on any atom is 0.295 e. The van der Waals surface area contributed by atoms with Crippen LogP contribution in [0.25, 0.3) is 4.96 Å². The number of rotatable bonds is 2. The minimum atomic E-state index is -0.373. The first-order valence-corrected chi connectivity index (χ1v) is 6.68. The highest BCUT2D eigenvalue weighted by molar-refractivity contribution is 7.18. The molecule has 20 heavy (non-hydrogen) atoms. The van der Waals surface area contributed by atoms with E-state index in [-0.39, 0.29) is 11.5 Å². The van der Waals surface area contributed by atoms with E-state index in [0.717, 1.165) is 11.3 Å². The van der Waals surface area contributed by atoms with E-state index in [2.05, 4.69) is 15.4 Å². The van der Waals surface area contributed by atoms with Gasteiger partial charge in [0.1, 0.15) is 10.6 Å². The molecule has 0 unspecified atom stereocenters. The average Bonchev–Trinajstić information content (AvgIpc) is 2.83. The van der Waals surface area contributed by atoms with Gasteiger partial charge in [0.25, 0.3) is 11.5 Å². The Kier molecular flexibility index (Phi) is 3.03. The van der Waals surface area contributed by atoms with Crippen LogP contribution in [-0.4, -0.2) is 20.5 Å². The molecule has 3 aromatic rings. The highest BCUT2D eigenvalue weighted by Gasteiger charge is 2.12. The maximum absolute atomic E-state index is 12.1. The first-order valence-electron chi connectivity index (χ1n) is 5.87. The molecule has 0 radical (unpaired) electrons. The number of aromatic nitrogens is 3. The van der Waals surface area contributed by atoms with Gasteiger partial charge in [-0.25, -0.2) is 4.52 Å². The van der Waals surface area contributed by atoms with Crippen LogP contribution in [0.1, 0.15) is 15.4 Å². The summed E-state index contributed by atoms with van der Waals surface area (Å²) in [5, 5.41) is 6.83. The number of carbonyl (C=O) groups is 1. The van der Waals surface area contributed by atoms with Crippen molar-refractivity contribution in [3.8, 4) is 0 Å². The normalized spacial score (nSPS) is 10.7. The molecule has 3 rings (SSSR count). The smallest absolute Gasteiger partial charge is 0.295 e. The van der Waals surface area contributed by atoms with E-state index in [9.17, 15) is 9.59 Å². The lowest BCUT2D eigenvalue weighted by Crippen LogP contribution is -2.14. The molecule has 2 heterocycles. The van der Waals surface area contributed by atoms with Crippen LogP contribution in [0.5, 0.6) is 0 Å². The van der Waals surface area contributed by atoms with Gasteiger partial charge in [0.05, 0.1) is 6.20 Å². The average molecular weight is 286 g/mol. The van der Waals surface area contributed by atoms with Gasteiger partial charge < -0.3 is 5.32 Å². The van der Waals surface area contributed by atoms with Gasteiger partial charge in [0.15, 0.2) is 0 Å². The lowest BCUT2D eigenvalue weighted by molar-refractivity contribution is 0.103. The molecule has 0 aliphatic carbocycles. The van der Waals surface area contributed by atoms with Crippen LogP contribution in [0.2, 0.25) is 0 Å². The summed E-state index contributed by atoms with van der Waals surface area (Å²) in [7, 11) is 0. The van der Waals surface area contributed by atoms with E-state index in [4.69, 9.17) is 0 Å². The van der Waals surface area contributed by atoms with Crippen molar-refractivity contribution in [1.82, 2.24) is 14.6 Å². The first-order chi connectivity index (χ1) is 9.63. The van der Waals surface area contributed by atoms with Gasteiger partial charge in [-0.05, 0) is 19.1 Å². The summed E-state index contributed by atoms with van der Waals surface area (Å²) in [5.41, 5.74) is 0.638. The number of amides is 1. The molecule has 0 bridgehead atoms. The Morgan fingerprint density at radius 3 is 2.80 bits per heavy atom. The molecule has 1 aromatic carbocycles. The molecular formula is C13H10N4O2S.